The number of nitrogens with zero attached hydrogens (tertiary/aromatic N) is 1. The fraction of sp³-hybridized carbons (Fsp3) is 0.400. The summed E-state index contributed by atoms with van der Waals surface area (Å²) in [6, 6.07) is 20.5. The van der Waals surface area contributed by atoms with Gasteiger partial charge in [0.2, 0.25) is 0 Å². The Labute approximate surface area is 247 Å². The number of ether oxygens (including phenoxy) is 2. The van der Waals surface area contributed by atoms with Crippen LogP contribution in [-0.2, 0) is 27.0 Å². The molecule has 0 aliphatic rings. The number of rotatable bonds is 13. The number of hydrogen-bond acceptors (Lipinski definition) is 4. The van der Waals surface area contributed by atoms with Gasteiger partial charge in [-0.15, -0.1) is 0 Å². The van der Waals surface area contributed by atoms with Gasteiger partial charge in [0.1, 0.15) is 18.2 Å². The quantitative estimate of drug-likeness (QED) is 0.164. The smallest absolute Gasteiger partial charge is 0.305 e. The van der Waals surface area contributed by atoms with Crippen LogP contribution in [0.15, 0.2) is 66.7 Å². The van der Waals surface area contributed by atoms with E-state index >= 15 is 0 Å². The Morgan fingerprint density at radius 2 is 1.74 bits per heavy atom. The molecule has 224 valence electrons. The highest BCUT2D eigenvalue weighted by atomic mass is 19.1. The number of carbonyl (C=O) groups is 1. The topological polar surface area (TPSA) is 60.7 Å². The molecule has 1 N–H and O–H groups in total. The third-order valence-corrected chi connectivity index (χ3v) is 8.06. The van der Waals surface area contributed by atoms with Crippen molar-refractivity contribution in [3.05, 3.63) is 94.9 Å². The van der Waals surface area contributed by atoms with Gasteiger partial charge >= 0.3 is 5.97 Å². The number of aromatic nitrogens is 1. The highest BCUT2D eigenvalue weighted by Gasteiger charge is 2.40. The number of fused-ring (bicyclic) bond motifs is 1. The van der Waals surface area contributed by atoms with Gasteiger partial charge in [-0.25, -0.2) is 4.39 Å². The van der Waals surface area contributed by atoms with Crippen molar-refractivity contribution in [2.24, 2.45) is 0 Å². The lowest BCUT2D eigenvalue weighted by molar-refractivity contribution is -0.143. The van der Waals surface area contributed by atoms with Crippen LogP contribution >= 0.6 is 0 Å². The molecule has 4 aromatic rings. The molecule has 0 bridgehead atoms. The molecule has 0 fully saturated rings. The summed E-state index contributed by atoms with van der Waals surface area (Å²) < 4.78 is 42.6. The summed E-state index contributed by atoms with van der Waals surface area (Å²) in [7, 11) is 0. The van der Waals surface area contributed by atoms with Gasteiger partial charge in [-0.05, 0) is 79.1 Å². The Kier molecular flexibility index (Phi) is 9.72. The van der Waals surface area contributed by atoms with Crippen molar-refractivity contribution >= 4 is 16.9 Å². The number of aliphatic hydroxyl groups excluding tert-OH is 1. The van der Waals surface area contributed by atoms with E-state index in [4.69, 9.17) is 9.47 Å². The van der Waals surface area contributed by atoms with Crippen molar-refractivity contribution in [2.75, 3.05) is 19.9 Å². The molecule has 0 amide bonds. The first-order valence-electron chi connectivity index (χ1n) is 14.5. The number of carbonyl (C=O) groups excluding carboxylic acids is 1. The Morgan fingerprint density at radius 1 is 1.00 bits per heavy atom. The summed E-state index contributed by atoms with van der Waals surface area (Å²) in [4.78, 5) is 12.5. The summed E-state index contributed by atoms with van der Waals surface area (Å²) >= 11 is 0. The van der Waals surface area contributed by atoms with Gasteiger partial charge in [-0.1, -0.05) is 57.2 Å². The highest BCUT2D eigenvalue weighted by Crippen LogP contribution is 2.49. The normalized spacial score (nSPS) is 13.2. The molecule has 0 aliphatic heterocycles. The number of hydrogen-bond donors (Lipinski definition) is 1. The minimum atomic E-state index is -0.825. The molecule has 0 unspecified atom stereocenters. The van der Waals surface area contributed by atoms with Crippen molar-refractivity contribution in [3.63, 3.8) is 0 Å². The van der Waals surface area contributed by atoms with E-state index in [0.29, 0.717) is 24.3 Å². The third kappa shape index (κ3) is 6.36. The van der Waals surface area contributed by atoms with Crippen LogP contribution in [0.2, 0.25) is 0 Å². The molecule has 4 rings (SSSR count). The van der Waals surface area contributed by atoms with Gasteiger partial charge in [0, 0.05) is 28.6 Å². The average Bonchev–Trinajstić information content (AvgIpc) is 3.35. The van der Waals surface area contributed by atoms with E-state index in [9.17, 15) is 18.7 Å². The maximum absolute atomic E-state index is 14.4. The molecule has 3 aromatic carbocycles. The average molecular weight is 578 g/mol. The van der Waals surface area contributed by atoms with Crippen molar-refractivity contribution in [3.8, 4) is 11.4 Å². The van der Waals surface area contributed by atoms with Gasteiger partial charge in [-0.2, -0.15) is 0 Å². The van der Waals surface area contributed by atoms with Crippen LogP contribution < -0.4 is 4.74 Å². The molecule has 1 atom stereocenters. The lowest BCUT2D eigenvalue weighted by Gasteiger charge is -2.35. The van der Waals surface area contributed by atoms with E-state index in [2.05, 4.69) is 0 Å². The first-order chi connectivity index (χ1) is 20.1. The zero-order valence-electron chi connectivity index (χ0n) is 25.2. The van der Waals surface area contributed by atoms with Crippen LogP contribution in [0.1, 0.15) is 69.3 Å². The number of halogens is 2. The van der Waals surface area contributed by atoms with E-state index < -0.39 is 17.5 Å². The Bertz CT molecular complexity index is 1530. The molecule has 0 spiro atoms. The molecule has 5 nitrogen and oxygen atoms in total. The molecule has 42 heavy (non-hydrogen) atoms. The van der Waals surface area contributed by atoms with Crippen molar-refractivity contribution in [1.82, 2.24) is 4.57 Å². The van der Waals surface area contributed by atoms with E-state index in [1.54, 1.807) is 26.0 Å². The maximum atomic E-state index is 14.4. The van der Waals surface area contributed by atoms with Gasteiger partial charge in [0.05, 0.1) is 25.4 Å². The van der Waals surface area contributed by atoms with Crippen LogP contribution in [0.4, 0.5) is 8.78 Å². The van der Waals surface area contributed by atoms with Gasteiger partial charge in [-0.3, -0.25) is 9.18 Å². The van der Waals surface area contributed by atoms with E-state index in [0.717, 1.165) is 33.4 Å². The summed E-state index contributed by atoms with van der Waals surface area (Å²) in [6.45, 7) is 9.09. The first-order valence-corrected chi connectivity index (χ1v) is 14.5. The first kappa shape index (κ1) is 31.2. The predicted octanol–water partition coefficient (Wildman–Crippen LogP) is 7.89. The van der Waals surface area contributed by atoms with E-state index in [-0.39, 0.29) is 37.8 Å². The number of alkyl halides is 1. The Morgan fingerprint density at radius 3 is 2.38 bits per heavy atom. The van der Waals surface area contributed by atoms with Crippen LogP contribution in [0.5, 0.6) is 5.75 Å². The largest absolute Gasteiger partial charge is 0.488 e. The summed E-state index contributed by atoms with van der Waals surface area (Å²) in [5.41, 5.74) is 2.94. The number of aryl methyl sites for hydroxylation is 1. The fourth-order valence-electron chi connectivity index (χ4n) is 5.70. The van der Waals surface area contributed by atoms with Crippen molar-refractivity contribution in [1.29, 1.82) is 0 Å². The molecular weight excluding hydrogens is 536 g/mol. The van der Waals surface area contributed by atoms with Crippen LogP contribution in [0.3, 0.4) is 0 Å². The second-order valence-corrected chi connectivity index (χ2v) is 11.8. The van der Waals surface area contributed by atoms with Crippen LogP contribution in [0, 0.1) is 12.7 Å². The summed E-state index contributed by atoms with van der Waals surface area (Å²) in [5, 5.41) is 11.5. The van der Waals surface area contributed by atoms with Crippen LogP contribution in [0.25, 0.3) is 16.6 Å². The van der Waals surface area contributed by atoms with E-state index in [1.807, 2.05) is 73.9 Å². The number of aliphatic hydroxyl groups is 1. The molecule has 0 saturated heterocycles. The van der Waals surface area contributed by atoms with Crippen LogP contribution in [-0.4, -0.2) is 35.5 Å². The molecule has 1 heterocycles. The lowest BCUT2D eigenvalue weighted by Crippen LogP contribution is -2.33. The summed E-state index contributed by atoms with van der Waals surface area (Å²) in [5.74, 6) is -0.0499. The lowest BCUT2D eigenvalue weighted by atomic mass is 9.71. The Hall–Kier alpha value is -3.71. The van der Waals surface area contributed by atoms with Gasteiger partial charge < -0.3 is 19.1 Å². The van der Waals surface area contributed by atoms with Crippen molar-refractivity contribution < 1.29 is 28.2 Å². The zero-order chi connectivity index (χ0) is 30.5. The molecule has 0 aliphatic carbocycles. The minimum Gasteiger partial charge on any atom is -0.488 e. The molecular formula is C35H41F2NO4. The minimum absolute atomic E-state index is 0.110. The molecule has 0 radical (unpaired) electrons. The molecule has 7 heteroatoms. The standard InChI is InChI=1S/C35H41F2NO4/c1-6-41-30(40)17-18-35(5,19-20-36)32-31-28(13-10-14-29(31)42-22-25-11-8-7-9-12-25)38(33(32)34(3,4)23-39)26-15-16-27(37)24(2)21-26/h7-16,21,39H,6,17-20,22-23H2,1-5H3/t35-/m0/s1. The second kappa shape index (κ2) is 13.1. The SMILES string of the molecule is CCOC(=O)CC[C@@](C)(CCF)c1c(C(C)(C)CO)n(-c2ccc(F)c(C)c2)c2cccc(OCc3ccccc3)c12. The van der Waals surface area contributed by atoms with Gasteiger partial charge in [0.25, 0.3) is 0 Å². The molecule has 1 aromatic heterocycles. The van der Waals surface area contributed by atoms with Gasteiger partial charge in [0.15, 0.2) is 0 Å². The van der Waals surface area contributed by atoms with Crippen molar-refractivity contribution in [2.45, 2.75) is 71.3 Å². The molecule has 0 saturated carbocycles. The fourth-order valence-corrected chi connectivity index (χ4v) is 5.70. The zero-order valence-corrected chi connectivity index (χ0v) is 25.2. The predicted molar refractivity (Wildman–Crippen MR) is 163 cm³/mol. The summed E-state index contributed by atoms with van der Waals surface area (Å²) in [6.07, 6.45) is 0.590. The Balaban J connectivity index is 2.07. The number of benzene rings is 3. The monoisotopic (exact) mass is 577 g/mol. The van der Waals surface area contributed by atoms with E-state index in [1.165, 1.54) is 6.07 Å². The maximum Gasteiger partial charge on any atom is 0.305 e. The number of esters is 1. The second-order valence-electron chi connectivity index (χ2n) is 11.8. The third-order valence-electron chi connectivity index (χ3n) is 8.06. The highest BCUT2D eigenvalue weighted by molar-refractivity contribution is 5.94.